The van der Waals surface area contributed by atoms with Crippen LogP contribution in [0.2, 0.25) is 0 Å². The van der Waals surface area contributed by atoms with Gasteiger partial charge in [-0.1, -0.05) is 36.4 Å². The summed E-state index contributed by atoms with van der Waals surface area (Å²) in [6, 6.07) is 16.1. The molecule has 2 aromatic rings. The van der Waals surface area contributed by atoms with Gasteiger partial charge in [0, 0.05) is 52.7 Å². The average Bonchev–Trinajstić information content (AvgIpc) is 2.78. The fourth-order valence-corrected chi connectivity index (χ4v) is 3.97. The van der Waals surface area contributed by atoms with Crippen LogP contribution in [0, 0.1) is 0 Å². The maximum absolute atomic E-state index is 11.5. The molecule has 174 valence electrons. The Morgan fingerprint density at radius 2 is 1.78 bits per heavy atom. The van der Waals surface area contributed by atoms with E-state index in [0.717, 1.165) is 44.8 Å². The van der Waals surface area contributed by atoms with E-state index in [4.69, 9.17) is 9.47 Å². The Hall–Kier alpha value is -2.61. The molecule has 0 saturated carbocycles. The van der Waals surface area contributed by atoms with Gasteiger partial charge in [0.1, 0.15) is 12.7 Å². The van der Waals surface area contributed by atoms with Gasteiger partial charge in [0.25, 0.3) is 0 Å². The normalized spacial score (nSPS) is 15.6. The zero-order valence-electron chi connectivity index (χ0n) is 19.4. The predicted molar refractivity (Wildman–Crippen MR) is 125 cm³/mol. The van der Waals surface area contributed by atoms with Gasteiger partial charge in [-0.05, 0) is 30.3 Å². The molecular weight excluding hydrogens is 406 g/mol. The Kier molecular flexibility index (Phi) is 8.90. The van der Waals surface area contributed by atoms with Gasteiger partial charge >= 0.3 is 0 Å². The van der Waals surface area contributed by atoms with Crippen LogP contribution in [-0.2, 0) is 17.9 Å². The van der Waals surface area contributed by atoms with E-state index in [-0.39, 0.29) is 12.5 Å². The summed E-state index contributed by atoms with van der Waals surface area (Å²) < 4.78 is 11.4. The smallest absolute Gasteiger partial charge is 0.219 e. The van der Waals surface area contributed by atoms with E-state index >= 15 is 0 Å². The van der Waals surface area contributed by atoms with E-state index in [1.54, 1.807) is 14.0 Å². The molecule has 0 aliphatic carbocycles. The third kappa shape index (κ3) is 7.22. The van der Waals surface area contributed by atoms with Crippen LogP contribution in [0.3, 0.4) is 0 Å². The number of likely N-dealkylation sites (N-methyl/N-ethyl adjacent to an activating group) is 1. The van der Waals surface area contributed by atoms with Crippen molar-refractivity contribution in [3.05, 3.63) is 59.7 Å². The van der Waals surface area contributed by atoms with Gasteiger partial charge in [-0.25, -0.2) is 0 Å². The average molecular weight is 442 g/mol. The molecule has 1 N–H and O–H groups in total. The molecule has 1 aliphatic heterocycles. The summed E-state index contributed by atoms with van der Waals surface area (Å²) in [5.41, 5.74) is 2.33. The third-order valence-corrected chi connectivity index (χ3v) is 5.70. The highest BCUT2D eigenvalue weighted by Crippen LogP contribution is 2.29. The number of amides is 1. The maximum atomic E-state index is 11.5. The van der Waals surface area contributed by atoms with Gasteiger partial charge in [-0.3, -0.25) is 14.6 Å². The molecule has 2 aromatic carbocycles. The van der Waals surface area contributed by atoms with Gasteiger partial charge in [0.2, 0.25) is 5.91 Å². The molecule has 7 heteroatoms. The molecule has 1 amide bonds. The van der Waals surface area contributed by atoms with Crippen molar-refractivity contribution >= 4 is 5.91 Å². The van der Waals surface area contributed by atoms with Crippen LogP contribution in [0.5, 0.6) is 11.5 Å². The van der Waals surface area contributed by atoms with Crippen molar-refractivity contribution in [2.45, 2.75) is 26.1 Å². The molecule has 3 rings (SSSR count). The van der Waals surface area contributed by atoms with Gasteiger partial charge < -0.3 is 19.5 Å². The number of methoxy groups -OCH3 is 1. The Bertz CT molecular complexity index is 854. The molecule has 0 radical (unpaired) electrons. The highest BCUT2D eigenvalue weighted by Gasteiger charge is 2.19. The molecule has 32 heavy (non-hydrogen) atoms. The summed E-state index contributed by atoms with van der Waals surface area (Å²) in [6.07, 6.45) is -0.614. The molecule has 7 nitrogen and oxygen atoms in total. The second-order valence-electron chi connectivity index (χ2n) is 8.41. The van der Waals surface area contributed by atoms with Crippen molar-refractivity contribution in [3.8, 4) is 11.5 Å². The molecule has 0 aromatic heterocycles. The van der Waals surface area contributed by atoms with Crippen LogP contribution in [0.1, 0.15) is 18.1 Å². The molecule has 1 aliphatic rings. The topological polar surface area (TPSA) is 65.5 Å². The highest BCUT2D eigenvalue weighted by atomic mass is 16.5. The lowest BCUT2D eigenvalue weighted by molar-refractivity contribution is -0.130. The SMILES string of the molecule is COc1ccc(CN2CCN(C(C)=O)CC2)cc1OC[C@@H](O)CN(C)Cc1ccccc1. The van der Waals surface area contributed by atoms with Gasteiger partial charge in [0.15, 0.2) is 11.5 Å². The van der Waals surface area contributed by atoms with Gasteiger partial charge in [-0.2, -0.15) is 0 Å². The van der Waals surface area contributed by atoms with E-state index in [0.29, 0.717) is 18.0 Å². The third-order valence-electron chi connectivity index (χ3n) is 5.70. The Labute approximate surface area is 191 Å². The van der Waals surface area contributed by atoms with Crippen LogP contribution >= 0.6 is 0 Å². The molecule has 0 unspecified atom stereocenters. The summed E-state index contributed by atoms with van der Waals surface area (Å²) in [5.74, 6) is 1.43. The number of aliphatic hydroxyl groups excluding tert-OH is 1. The maximum Gasteiger partial charge on any atom is 0.219 e. The second-order valence-corrected chi connectivity index (χ2v) is 8.41. The fraction of sp³-hybridized carbons (Fsp3) is 0.480. The van der Waals surface area contributed by atoms with E-state index in [2.05, 4.69) is 21.9 Å². The molecular formula is C25H35N3O4. The molecule has 0 bridgehead atoms. The minimum absolute atomic E-state index is 0.137. The first kappa shape index (κ1) is 24.0. The Morgan fingerprint density at radius 3 is 2.44 bits per heavy atom. The number of benzene rings is 2. The fourth-order valence-electron chi connectivity index (χ4n) is 3.97. The van der Waals surface area contributed by atoms with Crippen LogP contribution in [0.4, 0.5) is 0 Å². The van der Waals surface area contributed by atoms with E-state index in [1.165, 1.54) is 5.56 Å². The van der Waals surface area contributed by atoms with Crippen molar-refractivity contribution in [2.24, 2.45) is 0 Å². The van der Waals surface area contributed by atoms with E-state index < -0.39 is 6.10 Å². The Morgan fingerprint density at radius 1 is 1.06 bits per heavy atom. The van der Waals surface area contributed by atoms with Crippen molar-refractivity contribution in [2.75, 3.05) is 53.5 Å². The summed E-state index contributed by atoms with van der Waals surface area (Å²) in [6.45, 7) is 7.11. The molecule has 1 saturated heterocycles. The Balaban J connectivity index is 1.51. The molecule has 1 atom stereocenters. The van der Waals surface area contributed by atoms with Crippen molar-refractivity contribution in [1.29, 1.82) is 0 Å². The second kappa shape index (κ2) is 11.9. The monoisotopic (exact) mass is 441 g/mol. The first-order valence-corrected chi connectivity index (χ1v) is 11.1. The summed E-state index contributed by atoms with van der Waals surface area (Å²) >= 11 is 0. The summed E-state index contributed by atoms with van der Waals surface area (Å²) in [4.78, 5) is 17.8. The molecule has 0 spiro atoms. The first-order valence-electron chi connectivity index (χ1n) is 11.1. The van der Waals surface area contributed by atoms with E-state index in [1.807, 2.05) is 48.3 Å². The van der Waals surface area contributed by atoms with Crippen molar-refractivity contribution in [3.63, 3.8) is 0 Å². The van der Waals surface area contributed by atoms with E-state index in [9.17, 15) is 9.90 Å². The van der Waals surface area contributed by atoms with Gasteiger partial charge in [0.05, 0.1) is 7.11 Å². The minimum Gasteiger partial charge on any atom is -0.493 e. The van der Waals surface area contributed by atoms with Crippen LogP contribution in [0.25, 0.3) is 0 Å². The molecule has 1 heterocycles. The van der Waals surface area contributed by atoms with Crippen LogP contribution in [-0.4, -0.2) is 85.3 Å². The van der Waals surface area contributed by atoms with Crippen molar-refractivity contribution in [1.82, 2.24) is 14.7 Å². The lowest BCUT2D eigenvalue weighted by atomic mass is 10.1. The zero-order valence-corrected chi connectivity index (χ0v) is 19.4. The number of piperazine rings is 1. The lowest BCUT2D eigenvalue weighted by Gasteiger charge is -2.34. The number of rotatable bonds is 10. The first-order chi connectivity index (χ1) is 15.4. The molecule has 1 fully saturated rings. The highest BCUT2D eigenvalue weighted by molar-refractivity contribution is 5.73. The number of aliphatic hydroxyl groups is 1. The quantitative estimate of drug-likeness (QED) is 0.610. The lowest BCUT2D eigenvalue weighted by Crippen LogP contribution is -2.47. The minimum atomic E-state index is -0.614. The summed E-state index contributed by atoms with van der Waals surface area (Å²) in [5, 5.41) is 10.5. The van der Waals surface area contributed by atoms with Crippen LogP contribution < -0.4 is 9.47 Å². The van der Waals surface area contributed by atoms with Crippen molar-refractivity contribution < 1.29 is 19.4 Å². The number of carbonyl (C=O) groups excluding carboxylic acids is 1. The standard InChI is InChI=1S/C25H35N3O4/c1-20(29)28-13-11-27(12-14-28)17-22-9-10-24(31-3)25(15-22)32-19-23(30)18-26(2)16-21-7-5-4-6-8-21/h4-10,15,23,30H,11-14,16-19H2,1-3H3/t23-/m0/s1. The predicted octanol–water partition coefficient (Wildman–Crippen LogP) is 2.23. The van der Waals surface area contributed by atoms with Gasteiger partial charge in [-0.15, -0.1) is 0 Å². The number of nitrogens with zero attached hydrogens (tertiary/aromatic N) is 3. The number of hydrogen-bond donors (Lipinski definition) is 1. The van der Waals surface area contributed by atoms with Crippen LogP contribution in [0.15, 0.2) is 48.5 Å². The summed E-state index contributed by atoms with van der Waals surface area (Å²) in [7, 11) is 3.61. The number of hydrogen-bond acceptors (Lipinski definition) is 6. The largest absolute Gasteiger partial charge is 0.493 e. The zero-order chi connectivity index (χ0) is 22.9. The number of carbonyl (C=O) groups is 1. The number of ether oxygens (including phenoxy) is 2.